The number of anilines is 1. The fourth-order valence-corrected chi connectivity index (χ4v) is 2.96. The van der Waals surface area contributed by atoms with Crippen molar-refractivity contribution >= 4 is 33.2 Å². The molecule has 0 atom stereocenters. The molecule has 25 heavy (non-hydrogen) atoms. The monoisotopic (exact) mass is 416 g/mol. The van der Waals surface area contributed by atoms with Crippen molar-refractivity contribution in [3.63, 3.8) is 0 Å². The number of para-hydroxylation sites is 1. The third-order valence-electron chi connectivity index (χ3n) is 3.65. The highest BCUT2D eigenvalue weighted by atomic mass is 79.9. The molecule has 0 aliphatic rings. The van der Waals surface area contributed by atoms with Gasteiger partial charge in [-0.2, -0.15) is 0 Å². The molecule has 3 rings (SSSR count). The summed E-state index contributed by atoms with van der Waals surface area (Å²) < 4.78 is 7.00. The third-order valence-corrected chi connectivity index (χ3v) is 4.51. The molecule has 3 aromatic carbocycles. The van der Waals surface area contributed by atoms with Crippen LogP contribution in [0.5, 0.6) is 5.75 Å². The Morgan fingerprint density at radius 3 is 2.44 bits per heavy atom. The molecule has 3 aromatic rings. The molecule has 0 amide bonds. The van der Waals surface area contributed by atoms with Gasteiger partial charge in [0.15, 0.2) is 0 Å². The van der Waals surface area contributed by atoms with Crippen LogP contribution < -0.4 is 15.6 Å². The molecule has 3 nitrogen and oxygen atoms in total. The summed E-state index contributed by atoms with van der Waals surface area (Å²) in [5.74, 6) is 0.825. The minimum absolute atomic E-state index is 0.431. The van der Waals surface area contributed by atoms with Gasteiger partial charge in [-0.1, -0.05) is 63.9 Å². The highest BCUT2D eigenvalue weighted by Gasteiger charge is 2.07. The molecular weight excluding hydrogens is 400 g/mol. The molecular formula is C20H18BrClN2O. The topological polar surface area (TPSA) is 33.3 Å². The van der Waals surface area contributed by atoms with Crippen LogP contribution in [0.2, 0.25) is 5.02 Å². The number of rotatable bonds is 7. The van der Waals surface area contributed by atoms with Crippen LogP contribution in [-0.2, 0) is 13.2 Å². The lowest BCUT2D eigenvalue weighted by Gasteiger charge is -2.14. The summed E-state index contributed by atoms with van der Waals surface area (Å²) in [5, 5.41) is 0.713. The predicted octanol–water partition coefficient (Wildman–Crippen LogP) is 5.80. The number of ether oxygens (including phenoxy) is 1. The Balaban J connectivity index is 1.64. The maximum atomic E-state index is 6.20. The minimum atomic E-state index is 0.431. The van der Waals surface area contributed by atoms with E-state index in [0.717, 1.165) is 27.0 Å². The fourth-order valence-electron chi connectivity index (χ4n) is 2.36. The van der Waals surface area contributed by atoms with Gasteiger partial charge in [0.05, 0.1) is 0 Å². The van der Waals surface area contributed by atoms with Crippen molar-refractivity contribution < 1.29 is 4.74 Å². The number of halogens is 2. The van der Waals surface area contributed by atoms with Gasteiger partial charge in [0.2, 0.25) is 0 Å². The van der Waals surface area contributed by atoms with Crippen LogP contribution in [0, 0.1) is 0 Å². The van der Waals surface area contributed by atoms with Crippen molar-refractivity contribution in [2.75, 3.05) is 5.43 Å². The number of hydrogen-bond donors (Lipinski definition) is 2. The summed E-state index contributed by atoms with van der Waals surface area (Å²) in [7, 11) is 0. The highest BCUT2D eigenvalue weighted by Crippen LogP contribution is 2.25. The minimum Gasteiger partial charge on any atom is -0.489 e. The number of hydrazine groups is 1. The zero-order valence-corrected chi connectivity index (χ0v) is 15.8. The summed E-state index contributed by atoms with van der Waals surface area (Å²) in [4.78, 5) is 0. The third kappa shape index (κ3) is 5.23. The van der Waals surface area contributed by atoms with Crippen molar-refractivity contribution in [1.82, 2.24) is 5.43 Å². The summed E-state index contributed by atoms with van der Waals surface area (Å²) in [6, 6.07) is 23.6. The standard InChI is InChI=1S/C20H18BrClN2O/c21-17-10-11-20(25-14-15-6-4-5-9-19(15)22)16(12-17)13-23-24-18-7-2-1-3-8-18/h1-12,23-24H,13-14H2. The summed E-state index contributed by atoms with van der Waals surface area (Å²) in [5.41, 5.74) is 9.42. The quantitative estimate of drug-likeness (QED) is 0.477. The smallest absolute Gasteiger partial charge is 0.124 e. The molecule has 2 N–H and O–H groups in total. The van der Waals surface area contributed by atoms with E-state index in [1.54, 1.807) is 0 Å². The molecule has 0 unspecified atom stereocenters. The molecule has 0 spiro atoms. The highest BCUT2D eigenvalue weighted by molar-refractivity contribution is 9.10. The van der Waals surface area contributed by atoms with Crippen molar-refractivity contribution in [1.29, 1.82) is 0 Å². The molecule has 128 valence electrons. The van der Waals surface area contributed by atoms with Gasteiger partial charge in [-0.25, -0.2) is 5.43 Å². The summed E-state index contributed by atoms with van der Waals surface area (Å²) in [6.07, 6.45) is 0. The molecule has 5 heteroatoms. The largest absolute Gasteiger partial charge is 0.489 e. The van der Waals surface area contributed by atoms with E-state index in [1.807, 2.05) is 72.8 Å². The predicted molar refractivity (Wildman–Crippen MR) is 107 cm³/mol. The Bertz CT molecular complexity index is 827. The Hall–Kier alpha value is -2.01. The number of hydrogen-bond acceptors (Lipinski definition) is 3. The fraction of sp³-hybridized carbons (Fsp3) is 0.100. The Morgan fingerprint density at radius 1 is 0.880 bits per heavy atom. The molecule has 0 aliphatic carbocycles. The average molecular weight is 418 g/mol. The first kappa shape index (κ1) is 17.8. The molecule has 0 radical (unpaired) electrons. The lowest BCUT2D eigenvalue weighted by atomic mass is 10.2. The molecule has 0 saturated heterocycles. The Labute approximate surface area is 161 Å². The van der Waals surface area contributed by atoms with Crippen molar-refractivity contribution in [2.24, 2.45) is 0 Å². The zero-order valence-electron chi connectivity index (χ0n) is 13.5. The van der Waals surface area contributed by atoms with Gasteiger partial charge in [0, 0.05) is 32.9 Å². The Kier molecular flexibility index (Phi) is 6.34. The van der Waals surface area contributed by atoms with Crippen molar-refractivity contribution in [3.05, 3.63) is 93.4 Å². The van der Waals surface area contributed by atoms with Crippen LogP contribution in [0.25, 0.3) is 0 Å². The van der Waals surface area contributed by atoms with Gasteiger partial charge in [0.25, 0.3) is 0 Å². The first-order chi connectivity index (χ1) is 12.2. The second kappa shape index (κ2) is 8.90. The van der Waals surface area contributed by atoms with Crippen LogP contribution in [-0.4, -0.2) is 0 Å². The van der Waals surface area contributed by atoms with Gasteiger partial charge >= 0.3 is 0 Å². The van der Waals surface area contributed by atoms with Crippen LogP contribution in [0.3, 0.4) is 0 Å². The van der Waals surface area contributed by atoms with Crippen LogP contribution in [0.15, 0.2) is 77.3 Å². The molecule has 0 saturated carbocycles. The maximum absolute atomic E-state index is 6.20. The summed E-state index contributed by atoms with van der Waals surface area (Å²) in [6.45, 7) is 1.05. The first-order valence-electron chi connectivity index (χ1n) is 7.91. The van der Waals surface area contributed by atoms with E-state index < -0.39 is 0 Å². The lowest BCUT2D eigenvalue weighted by Crippen LogP contribution is -2.21. The second-order valence-corrected chi connectivity index (χ2v) is 6.80. The van der Waals surface area contributed by atoms with Gasteiger partial charge in [-0.05, 0) is 36.4 Å². The van der Waals surface area contributed by atoms with Gasteiger partial charge in [0.1, 0.15) is 12.4 Å². The molecule has 0 heterocycles. The van der Waals surface area contributed by atoms with Gasteiger partial charge < -0.3 is 10.2 Å². The zero-order chi connectivity index (χ0) is 17.5. The van der Waals surface area contributed by atoms with E-state index >= 15 is 0 Å². The van der Waals surface area contributed by atoms with Gasteiger partial charge in [-0.3, -0.25) is 0 Å². The Morgan fingerprint density at radius 2 is 1.64 bits per heavy atom. The second-order valence-electron chi connectivity index (χ2n) is 5.48. The maximum Gasteiger partial charge on any atom is 0.124 e. The molecule has 0 aromatic heterocycles. The van der Waals surface area contributed by atoms with Gasteiger partial charge in [-0.15, -0.1) is 0 Å². The van der Waals surface area contributed by atoms with Crippen molar-refractivity contribution in [2.45, 2.75) is 13.2 Å². The van der Waals surface area contributed by atoms with E-state index in [9.17, 15) is 0 Å². The van der Waals surface area contributed by atoms with Crippen LogP contribution in [0.4, 0.5) is 5.69 Å². The van der Waals surface area contributed by atoms with E-state index in [4.69, 9.17) is 16.3 Å². The lowest BCUT2D eigenvalue weighted by molar-refractivity contribution is 0.302. The van der Waals surface area contributed by atoms with Crippen molar-refractivity contribution in [3.8, 4) is 5.75 Å². The van der Waals surface area contributed by atoms with E-state index in [0.29, 0.717) is 18.2 Å². The van der Waals surface area contributed by atoms with E-state index in [2.05, 4.69) is 26.8 Å². The van der Waals surface area contributed by atoms with Crippen LogP contribution in [0.1, 0.15) is 11.1 Å². The molecule has 0 fully saturated rings. The van der Waals surface area contributed by atoms with Crippen LogP contribution >= 0.6 is 27.5 Å². The summed E-state index contributed by atoms with van der Waals surface area (Å²) >= 11 is 9.71. The number of benzene rings is 3. The SMILES string of the molecule is Clc1ccccc1COc1ccc(Br)cc1CNNc1ccccc1. The van der Waals surface area contributed by atoms with E-state index in [1.165, 1.54) is 0 Å². The first-order valence-corrected chi connectivity index (χ1v) is 9.08. The normalized spacial score (nSPS) is 10.5. The molecule has 0 bridgehead atoms. The average Bonchev–Trinajstić information content (AvgIpc) is 2.63. The number of nitrogens with one attached hydrogen (secondary N) is 2. The van der Waals surface area contributed by atoms with E-state index in [-0.39, 0.29) is 0 Å². The molecule has 0 aliphatic heterocycles.